The van der Waals surface area contributed by atoms with Gasteiger partial charge in [0.15, 0.2) is 12.4 Å². The fraction of sp³-hybridized carbons (Fsp3) is 0.300. The normalized spacial score (nSPS) is 11.4. The van der Waals surface area contributed by atoms with Crippen LogP contribution < -0.4 is 10.6 Å². The van der Waals surface area contributed by atoms with Gasteiger partial charge in [0, 0.05) is 12.1 Å². The molecule has 34 heavy (non-hydrogen) atoms. The van der Waals surface area contributed by atoms with Crippen molar-refractivity contribution in [2.24, 2.45) is 0 Å². The number of non-ortho nitro benzene ring substituents is 1. The number of nitro groups is 1. The number of hydrogen-bond donors (Lipinski definition) is 2. The van der Waals surface area contributed by atoms with Crippen LogP contribution in [0.2, 0.25) is 15.1 Å². The van der Waals surface area contributed by atoms with E-state index in [2.05, 4.69) is 15.6 Å². The maximum absolute atomic E-state index is 12.6. The lowest BCUT2D eigenvalue weighted by Gasteiger charge is -2.18. The Morgan fingerprint density at radius 1 is 1.18 bits per heavy atom. The van der Waals surface area contributed by atoms with E-state index in [1.165, 1.54) is 23.9 Å². The van der Waals surface area contributed by atoms with Gasteiger partial charge in [-0.3, -0.25) is 19.7 Å². The van der Waals surface area contributed by atoms with Gasteiger partial charge in [-0.1, -0.05) is 34.8 Å². The van der Waals surface area contributed by atoms with Gasteiger partial charge in [0.2, 0.25) is 0 Å². The number of ether oxygens (including phenoxy) is 1. The predicted molar refractivity (Wildman–Crippen MR) is 131 cm³/mol. The molecule has 1 aromatic heterocycles. The van der Waals surface area contributed by atoms with Crippen molar-refractivity contribution in [3.8, 4) is 0 Å². The third-order valence-corrected chi connectivity index (χ3v) is 5.94. The first-order valence-corrected chi connectivity index (χ1v) is 12.1. The number of carbonyl (C=O) groups is 3. The number of aromatic nitrogens is 1. The standard InChI is InChI=1S/C20H19Cl3N4O6S/c1-10-13(21)8-15(23)18(24-10)26-17(28)9-33-20(30)16(5-6-34-2)25-19(29)12-4-3-11(27(31)32)7-14(12)22/h3-4,7-8,16H,5-6,9H2,1-2H3,(H,25,29)(H,24,26,28)/t16-/m0/s1. The minimum absolute atomic E-state index is 0.0502. The van der Waals surface area contributed by atoms with Crippen LogP contribution >= 0.6 is 46.6 Å². The van der Waals surface area contributed by atoms with E-state index in [1.807, 2.05) is 6.26 Å². The number of nitro benzene ring substituents is 1. The number of amides is 2. The number of nitrogens with one attached hydrogen (secondary N) is 2. The van der Waals surface area contributed by atoms with Crippen LogP contribution in [-0.4, -0.2) is 52.3 Å². The van der Waals surface area contributed by atoms with Crippen molar-refractivity contribution < 1.29 is 24.0 Å². The summed E-state index contributed by atoms with van der Waals surface area (Å²) in [4.78, 5) is 51.6. The molecule has 0 aliphatic carbocycles. The van der Waals surface area contributed by atoms with Crippen molar-refractivity contribution in [2.45, 2.75) is 19.4 Å². The van der Waals surface area contributed by atoms with Gasteiger partial charge in [0.25, 0.3) is 17.5 Å². The topological polar surface area (TPSA) is 141 Å². The smallest absolute Gasteiger partial charge is 0.329 e. The first kappa shape index (κ1) is 27.6. The third kappa shape index (κ3) is 7.73. The molecule has 0 spiro atoms. The van der Waals surface area contributed by atoms with Gasteiger partial charge in [-0.05, 0) is 37.5 Å². The van der Waals surface area contributed by atoms with Crippen LogP contribution in [0, 0.1) is 17.0 Å². The van der Waals surface area contributed by atoms with Crippen LogP contribution in [0.15, 0.2) is 24.3 Å². The summed E-state index contributed by atoms with van der Waals surface area (Å²) in [5.41, 5.74) is 0.116. The Morgan fingerprint density at radius 3 is 2.50 bits per heavy atom. The minimum Gasteiger partial charge on any atom is -0.454 e. The van der Waals surface area contributed by atoms with E-state index >= 15 is 0 Å². The van der Waals surface area contributed by atoms with Crippen molar-refractivity contribution in [3.63, 3.8) is 0 Å². The van der Waals surface area contributed by atoms with E-state index in [9.17, 15) is 24.5 Å². The second kappa shape index (κ2) is 12.7. The molecule has 2 aromatic rings. The molecule has 0 fully saturated rings. The highest BCUT2D eigenvalue weighted by Gasteiger charge is 2.25. The van der Waals surface area contributed by atoms with Crippen LogP contribution in [0.5, 0.6) is 0 Å². The van der Waals surface area contributed by atoms with E-state index in [4.69, 9.17) is 39.5 Å². The number of hydrogen-bond acceptors (Lipinski definition) is 8. The van der Waals surface area contributed by atoms with E-state index < -0.39 is 35.4 Å². The molecule has 10 nitrogen and oxygen atoms in total. The molecule has 1 atom stereocenters. The van der Waals surface area contributed by atoms with Crippen molar-refractivity contribution in [3.05, 3.63) is 60.7 Å². The van der Waals surface area contributed by atoms with Gasteiger partial charge >= 0.3 is 5.97 Å². The molecule has 0 unspecified atom stereocenters. The number of pyridine rings is 1. The number of aryl methyl sites for hydroxylation is 1. The molecule has 0 aliphatic rings. The van der Waals surface area contributed by atoms with E-state index in [1.54, 1.807) is 6.92 Å². The van der Waals surface area contributed by atoms with Crippen molar-refractivity contribution in [1.29, 1.82) is 0 Å². The monoisotopic (exact) mass is 548 g/mol. The molecule has 0 aliphatic heterocycles. The molecule has 2 N–H and O–H groups in total. The fourth-order valence-corrected chi connectivity index (χ4v) is 3.71. The Balaban J connectivity index is 2.03. The van der Waals surface area contributed by atoms with Gasteiger partial charge in [0.05, 0.1) is 31.2 Å². The number of anilines is 1. The lowest BCUT2D eigenvalue weighted by molar-refractivity contribution is -0.384. The molecule has 2 amide bonds. The van der Waals surface area contributed by atoms with E-state index in [0.717, 1.165) is 12.1 Å². The van der Waals surface area contributed by atoms with Gasteiger partial charge in [-0.2, -0.15) is 11.8 Å². The van der Waals surface area contributed by atoms with Crippen LogP contribution in [-0.2, 0) is 14.3 Å². The molecule has 0 radical (unpaired) electrons. The highest BCUT2D eigenvalue weighted by atomic mass is 35.5. The first-order chi connectivity index (χ1) is 16.0. The Labute approximate surface area is 213 Å². The molecule has 182 valence electrons. The number of esters is 1. The highest BCUT2D eigenvalue weighted by Crippen LogP contribution is 2.25. The lowest BCUT2D eigenvalue weighted by Crippen LogP contribution is -2.43. The maximum Gasteiger partial charge on any atom is 0.329 e. The quantitative estimate of drug-likeness (QED) is 0.254. The van der Waals surface area contributed by atoms with Gasteiger partial charge in [-0.15, -0.1) is 0 Å². The average Bonchev–Trinajstić information content (AvgIpc) is 2.78. The summed E-state index contributed by atoms with van der Waals surface area (Å²) in [6.07, 6.45) is 2.03. The molecule has 1 heterocycles. The first-order valence-electron chi connectivity index (χ1n) is 9.56. The summed E-state index contributed by atoms with van der Waals surface area (Å²) in [6, 6.07) is 3.68. The molecular formula is C20H19Cl3N4O6S. The second-order valence-corrected chi connectivity index (χ2v) is 8.98. The predicted octanol–water partition coefficient (Wildman–Crippen LogP) is 4.29. The number of thioether (sulfide) groups is 1. The third-order valence-electron chi connectivity index (χ3n) is 4.32. The largest absolute Gasteiger partial charge is 0.454 e. The van der Waals surface area contributed by atoms with Gasteiger partial charge in [0.1, 0.15) is 6.04 Å². The maximum atomic E-state index is 12.6. The Morgan fingerprint density at radius 2 is 1.88 bits per heavy atom. The van der Waals surface area contributed by atoms with Gasteiger partial charge < -0.3 is 15.4 Å². The molecular weight excluding hydrogens is 531 g/mol. The average molecular weight is 550 g/mol. The molecule has 14 heteroatoms. The Bertz CT molecular complexity index is 1120. The van der Waals surface area contributed by atoms with Crippen molar-refractivity contribution >= 4 is 75.9 Å². The molecule has 0 bridgehead atoms. The van der Waals surface area contributed by atoms with Crippen LogP contribution in [0.3, 0.4) is 0 Å². The van der Waals surface area contributed by atoms with Crippen molar-refractivity contribution in [1.82, 2.24) is 10.3 Å². The summed E-state index contributed by atoms with van der Waals surface area (Å²) in [5.74, 6) is -1.70. The lowest BCUT2D eigenvalue weighted by atomic mass is 10.1. The van der Waals surface area contributed by atoms with Crippen molar-refractivity contribution in [2.75, 3.05) is 23.9 Å². The summed E-state index contributed by atoms with van der Waals surface area (Å²) in [7, 11) is 0. The zero-order valence-corrected chi connectivity index (χ0v) is 21.0. The second-order valence-electron chi connectivity index (χ2n) is 6.77. The summed E-state index contributed by atoms with van der Waals surface area (Å²) >= 11 is 19.3. The minimum atomic E-state index is -1.08. The van der Waals surface area contributed by atoms with Crippen LogP contribution in [0.4, 0.5) is 11.5 Å². The number of rotatable bonds is 10. The SMILES string of the molecule is CSCC[C@H](NC(=O)c1ccc([N+](=O)[O-])cc1Cl)C(=O)OCC(=O)Nc1nc(C)c(Cl)cc1Cl. The Hall–Kier alpha value is -2.60. The van der Waals surface area contributed by atoms with E-state index in [-0.39, 0.29) is 33.5 Å². The summed E-state index contributed by atoms with van der Waals surface area (Å²) < 4.78 is 5.05. The van der Waals surface area contributed by atoms with Gasteiger partial charge in [-0.25, -0.2) is 9.78 Å². The zero-order valence-electron chi connectivity index (χ0n) is 17.9. The summed E-state index contributed by atoms with van der Waals surface area (Å²) in [6.45, 7) is 0.979. The van der Waals surface area contributed by atoms with Crippen LogP contribution in [0.1, 0.15) is 22.5 Å². The Kier molecular flexibility index (Phi) is 10.4. The number of halogens is 3. The molecule has 0 saturated carbocycles. The number of carbonyl (C=O) groups excluding carboxylic acids is 3. The molecule has 0 saturated heterocycles. The number of nitrogens with zero attached hydrogens (tertiary/aromatic N) is 2. The highest BCUT2D eigenvalue weighted by molar-refractivity contribution is 7.98. The summed E-state index contributed by atoms with van der Waals surface area (Å²) in [5, 5.41) is 16.1. The molecule has 2 rings (SSSR count). The number of benzene rings is 1. The zero-order chi connectivity index (χ0) is 25.4. The van der Waals surface area contributed by atoms with E-state index in [0.29, 0.717) is 16.5 Å². The van der Waals surface area contributed by atoms with Crippen LogP contribution in [0.25, 0.3) is 0 Å². The molecule has 1 aromatic carbocycles. The fourth-order valence-electron chi connectivity index (χ4n) is 2.57.